The van der Waals surface area contributed by atoms with Gasteiger partial charge in [-0.05, 0) is 25.1 Å². The van der Waals surface area contributed by atoms with Crippen LogP contribution in [0.25, 0.3) is 22.4 Å². The summed E-state index contributed by atoms with van der Waals surface area (Å²) in [6.07, 6.45) is 1.61. The van der Waals surface area contributed by atoms with Crippen molar-refractivity contribution in [2.45, 2.75) is 13.5 Å². The third-order valence-corrected chi connectivity index (χ3v) is 4.01. The zero-order chi connectivity index (χ0) is 17.2. The molecule has 6 heteroatoms. The van der Waals surface area contributed by atoms with Gasteiger partial charge in [-0.25, -0.2) is 4.98 Å². The number of aromatic nitrogens is 3. The Bertz CT molecular complexity index is 1030. The van der Waals surface area contributed by atoms with Gasteiger partial charge in [0.05, 0.1) is 23.9 Å². The number of H-pyrrole nitrogens is 1. The summed E-state index contributed by atoms with van der Waals surface area (Å²) < 4.78 is 5.36. The van der Waals surface area contributed by atoms with E-state index in [1.165, 1.54) is 5.56 Å². The first kappa shape index (κ1) is 15.1. The molecular weight excluding hydrogens is 316 g/mol. The predicted octanol–water partition coefficient (Wildman–Crippen LogP) is 3.46. The van der Waals surface area contributed by atoms with Crippen molar-refractivity contribution in [1.82, 2.24) is 20.4 Å². The van der Waals surface area contributed by atoms with Crippen molar-refractivity contribution in [3.05, 3.63) is 71.7 Å². The number of nitrogens with zero attached hydrogens (tertiary/aromatic N) is 2. The predicted molar refractivity (Wildman–Crippen MR) is 93.9 cm³/mol. The molecule has 0 fully saturated rings. The highest BCUT2D eigenvalue weighted by Gasteiger charge is 2.10. The SMILES string of the molecule is Cc1ccc(-c2cc(CNC(=O)c3ccc4nc[nH]c4c3)no2)cc1. The Labute approximate surface area is 143 Å². The number of benzene rings is 2. The third kappa shape index (κ3) is 3.14. The molecule has 0 aliphatic carbocycles. The Hall–Kier alpha value is -3.41. The quantitative estimate of drug-likeness (QED) is 0.599. The molecule has 2 heterocycles. The first-order valence-corrected chi connectivity index (χ1v) is 7.93. The number of imidazole rings is 1. The molecule has 0 saturated carbocycles. The maximum Gasteiger partial charge on any atom is 0.251 e. The molecule has 6 nitrogen and oxygen atoms in total. The van der Waals surface area contributed by atoms with Crippen LogP contribution in [0.1, 0.15) is 21.6 Å². The van der Waals surface area contributed by atoms with Gasteiger partial charge < -0.3 is 14.8 Å². The maximum absolute atomic E-state index is 12.3. The monoisotopic (exact) mass is 332 g/mol. The smallest absolute Gasteiger partial charge is 0.251 e. The van der Waals surface area contributed by atoms with Crippen molar-refractivity contribution in [1.29, 1.82) is 0 Å². The van der Waals surface area contributed by atoms with E-state index in [0.29, 0.717) is 23.6 Å². The first-order valence-electron chi connectivity index (χ1n) is 7.93. The minimum absolute atomic E-state index is 0.170. The van der Waals surface area contributed by atoms with Gasteiger partial charge in [-0.3, -0.25) is 4.79 Å². The van der Waals surface area contributed by atoms with Crippen LogP contribution in [0.15, 0.2) is 59.4 Å². The minimum Gasteiger partial charge on any atom is -0.356 e. The summed E-state index contributed by atoms with van der Waals surface area (Å²) in [5.41, 5.74) is 5.04. The number of hydrogen-bond donors (Lipinski definition) is 2. The van der Waals surface area contributed by atoms with Crippen LogP contribution in [0.2, 0.25) is 0 Å². The van der Waals surface area contributed by atoms with E-state index in [1.807, 2.05) is 43.3 Å². The lowest BCUT2D eigenvalue weighted by molar-refractivity contribution is 0.0950. The van der Waals surface area contributed by atoms with Crippen molar-refractivity contribution in [3.8, 4) is 11.3 Å². The fourth-order valence-corrected chi connectivity index (χ4v) is 2.60. The van der Waals surface area contributed by atoms with Crippen LogP contribution in [0.5, 0.6) is 0 Å². The van der Waals surface area contributed by atoms with Crippen molar-refractivity contribution in [2.75, 3.05) is 0 Å². The number of carbonyl (C=O) groups excluding carboxylic acids is 1. The average molecular weight is 332 g/mol. The van der Waals surface area contributed by atoms with Crippen LogP contribution in [0.4, 0.5) is 0 Å². The number of nitrogens with one attached hydrogen (secondary N) is 2. The molecule has 0 bridgehead atoms. The number of amides is 1. The van der Waals surface area contributed by atoms with E-state index >= 15 is 0 Å². The summed E-state index contributed by atoms with van der Waals surface area (Å²) >= 11 is 0. The van der Waals surface area contributed by atoms with Crippen LogP contribution >= 0.6 is 0 Å². The second-order valence-electron chi connectivity index (χ2n) is 5.87. The normalized spacial score (nSPS) is 10.9. The Morgan fingerprint density at radius 3 is 2.84 bits per heavy atom. The van der Waals surface area contributed by atoms with Gasteiger partial charge in [0, 0.05) is 17.2 Å². The molecule has 0 aliphatic rings. The average Bonchev–Trinajstić information content (AvgIpc) is 3.29. The zero-order valence-corrected chi connectivity index (χ0v) is 13.6. The highest BCUT2D eigenvalue weighted by atomic mass is 16.5. The lowest BCUT2D eigenvalue weighted by Gasteiger charge is -2.02. The van der Waals surface area contributed by atoms with Gasteiger partial charge in [0.15, 0.2) is 5.76 Å². The lowest BCUT2D eigenvalue weighted by atomic mass is 10.1. The third-order valence-electron chi connectivity index (χ3n) is 4.01. The van der Waals surface area contributed by atoms with Gasteiger partial charge in [0.2, 0.25) is 0 Å². The van der Waals surface area contributed by atoms with Gasteiger partial charge in [-0.15, -0.1) is 0 Å². The number of aryl methyl sites for hydroxylation is 1. The van der Waals surface area contributed by atoms with Crippen LogP contribution in [0, 0.1) is 6.92 Å². The number of carbonyl (C=O) groups is 1. The summed E-state index contributed by atoms with van der Waals surface area (Å²) in [6.45, 7) is 2.33. The van der Waals surface area contributed by atoms with Gasteiger partial charge >= 0.3 is 0 Å². The van der Waals surface area contributed by atoms with E-state index < -0.39 is 0 Å². The lowest BCUT2D eigenvalue weighted by Crippen LogP contribution is -2.22. The summed E-state index contributed by atoms with van der Waals surface area (Å²) in [6, 6.07) is 15.2. The topological polar surface area (TPSA) is 83.8 Å². The van der Waals surface area contributed by atoms with E-state index in [0.717, 1.165) is 16.6 Å². The molecule has 1 amide bonds. The second-order valence-corrected chi connectivity index (χ2v) is 5.87. The van der Waals surface area contributed by atoms with Crippen molar-refractivity contribution >= 4 is 16.9 Å². The summed E-state index contributed by atoms with van der Waals surface area (Å²) in [7, 11) is 0. The molecule has 2 aromatic carbocycles. The van der Waals surface area contributed by atoms with Gasteiger partial charge in [0.1, 0.15) is 5.69 Å². The molecule has 0 spiro atoms. The van der Waals surface area contributed by atoms with Gasteiger partial charge in [-0.2, -0.15) is 0 Å². The van der Waals surface area contributed by atoms with E-state index in [4.69, 9.17) is 4.52 Å². The highest BCUT2D eigenvalue weighted by Crippen LogP contribution is 2.20. The molecule has 4 aromatic rings. The molecule has 0 atom stereocenters. The van der Waals surface area contributed by atoms with Crippen LogP contribution in [0.3, 0.4) is 0 Å². The molecule has 0 unspecified atom stereocenters. The molecule has 0 radical (unpaired) electrons. The Morgan fingerprint density at radius 2 is 2.00 bits per heavy atom. The van der Waals surface area contributed by atoms with Gasteiger partial charge in [-0.1, -0.05) is 35.0 Å². The highest BCUT2D eigenvalue weighted by molar-refractivity contribution is 5.97. The Kier molecular flexibility index (Phi) is 3.78. The number of aromatic amines is 1. The molecule has 0 aliphatic heterocycles. The second kappa shape index (κ2) is 6.24. The molecule has 4 rings (SSSR count). The Morgan fingerprint density at radius 1 is 1.16 bits per heavy atom. The molecule has 2 aromatic heterocycles. The minimum atomic E-state index is -0.170. The Balaban J connectivity index is 1.44. The summed E-state index contributed by atoms with van der Waals surface area (Å²) in [4.78, 5) is 19.4. The molecular formula is C19H16N4O2. The molecule has 0 saturated heterocycles. The number of rotatable bonds is 4. The van der Waals surface area contributed by atoms with E-state index in [-0.39, 0.29) is 5.91 Å². The van der Waals surface area contributed by atoms with Crippen LogP contribution in [-0.2, 0) is 6.54 Å². The zero-order valence-electron chi connectivity index (χ0n) is 13.6. The largest absolute Gasteiger partial charge is 0.356 e. The van der Waals surface area contributed by atoms with Crippen molar-refractivity contribution < 1.29 is 9.32 Å². The van der Waals surface area contributed by atoms with E-state index in [1.54, 1.807) is 18.5 Å². The fraction of sp³-hybridized carbons (Fsp3) is 0.105. The van der Waals surface area contributed by atoms with Crippen molar-refractivity contribution in [2.24, 2.45) is 0 Å². The van der Waals surface area contributed by atoms with E-state index in [2.05, 4.69) is 20.4 Å². The number of fused-ring (bicyclic) bond motifs is 1. The fourth-order valence-electron chi connectivity index (χ4n) is 2.60. The summed E-state index contributed by atoms with van der Waals surface area (Å²) in [5.74, 6) is 0.513. The summed E-state index contributed by atoms with van der Waals surface area (Å²) in [5, 5.41) is 6.87. The van der Waals surface area contributed by atoms with Crippen LogP contribution in [-0.4, -0.2) is 21.0 Å². The van der Waals surface area contributed by atoms with Crippen LogP contribution < -0.4 is 5.32 Å². The van der Waals surface area contributed by atoms with Crippen molar-refractivity contribution in [3.63, 3.8) is 0 Å². The van der Waals surface area contributed by atoms with Gasteiger partial charge in [0.25, 0.3) is 5.91 Å². The van der Waals surface area contributed by atoms with E-state index in [9.17, 15) is 4.79 Å². The standard InChI is InChI=1S/C19H16N4O2/c1-12-2-4-13(5-3-12)18-9-15(23-25-18)10-20-19(24)14-6-7-16-17(8-14)22-11-21-16/h2-9,11H,10H2,1H3,(H,20,24)(H,21,22). The molecule has 25 heavy (non-hydrogen) atoms. The maximum atomic E-state index is 12.3. The molecule has 2 N–H and O–H groups in total. The number of hydrogen-bond acceptors (Lipinski definition) is 4. The first-order chi connectivity index (χ1) is 12.2. The molecule has 124 valence electrons.